The molecule has 0 aliphatic carbocycles. The van der Waals surface area contributed by atoms with Crippen LogP contribution in [0.1, 0.15) is 24.8 Å². The lowest BCUT2D eigenvalue weighted by Gasteiger charge is -2.36. The molecule has 2 heterocycles. The molecule has 3 N–H and O–H groups in total. The molecule has 1 aromatic carbocycles. The number of nitrogens with zero attached hydrogens (tertiary/aromatic N) is 1. The first-order valence-electron chi connectivity index (χ1n) is 10.5. The monoisotopic (exact) mass is 463 g/mol. The molecule has 0 bridgehead atoms. The van der Waals surface area contributed by atoms with Gasteiger partial charge in [-0.3, -0.25) is 9.78 Å². The van der Waals surface area contributed by atoms with E-state index in [1.807, 2.05) is 0 Å². The van der Waals surface area contributed by atoms with Crippen molar-refractivity contribution in [3.05, 3.63) is 54.4 Å². The van der Waals surface area contributed by atoms with Crippen LogP contribution in [-0.4, -0.2) is 62.9 Å². The Morgan fingerprint density at radius 1 is 1.25 bits per heavy atom. The van der Waals surface area contributed by atoms with E-state index in [-0.39, 0.29) is 29.9 Å². The topological polar surface area (TPSA) is 127 Å². The van der Waals surface area contributed by atoms with Crippen molar-refractivity contribution in [1.29, 1.82) is 0 Å². The Hall–Kier alpha value is -2.53. The Balaban J connectivity index is 1.48. The number of aromatic nitrogens is 1. The fourth-order valence-electron chi connectivity index (χ4n) is 3.64. The van der Waals surface area contributed by atoms with E-state index in [4.69, 9.17) is 9.47 Å². The van der Waals surface area contributed by atoms with E-state index in [1.165, 1.54) is 19.2 Å². The summed E-state index contributed by atoms with van der Waals surface area (Å²) in [6.07, 6.45) is 4.44. The van der Waals surface area contributed by atoms with Crippen molar-refractivity contribution in [2.24, 2.45) is 0 Å². The van der Waals surface area contributed by atoms with E-state index in [0.29, 0.717) is 31.6 Å². The van der Waals surface area contributed by atoms with Gasteiger partial charge in [0, 0.05) is 25.0 Å². The predicted molar refractivity (Wildman–Crippen MR) is 118 cm³/mol. The number of rotatable bonds is 10. The minimum absolute atomic E-state index is 0.0883. The van der Waals surface area contributed by atoms with Crippen LogP contribution >= 0.6 is 0 Å². The molecule has 174 valence electrons. The van der Waals surface area contributed by atoms with E-state index in [0.717, 1.165) is 5.56 Å². The van der Waals surface area contributed by atoms with Gasteiger partial charge >= 0.3 is 0 Å². The van der Waals surface area contributed by atoms with Crippen molar-refractivity contribution < 1.29 is 27.8 Å². The van der Waals surface area contributed by atoms with Gasteiger partial charge in [0.15, 0.2) is 0 Å². The minimum atomic E-state index is -3.79. The van der Waals surface area contributed by atoms with Crippen molar-refractivity contribution in [2.75, 3.05) is 20.3 Å². The third kappa shape index (κ3) is 6.73. The van der Waals surface area contributed by atoms with Crippen molar-refractivity contribution >= 4 is 15.9 Å². The number of nitrogens with one attached hydrogen (secondary N) is 2. The highest BCUT2D eigenvalue weighted by molar-refractivity contribution is 7.89. The van der Waals surface area contributed by atoms with E-state index < -0.39 is 22.2 Å². The number of ether oxygens (including phenoxy) is 2. The Bertz CT molecular complexity index is 986. The molecular weight excluding hydrogens is 434 g/mol. The molecule has 1 aliphatic rings. The molecule has 2 aromatic rings. The third-order valence-corrected chi connectivity index (χ3v) is 6.84. The molecule has 0 spiro atoms. The number of amides is 1. The summed E-state index contributed by atoms with van der Waals surface area (Å²) in [5.74, 6) is 0.354. The molecule has 1 saturated heterocycles. The van der Waals surface area contributed by atoms with Gasteiger partial charge in [0.2, 0.25) is 15.9 Å². The molecule has 1 aromatic heterocycles. The van der Waals surface area contributed by atoms with Crippen LogP contribution in [0.25, 0.3) is 0 Å². The molecular formula is C22H29N3O6S. The van der Waals surface area contributed by atoms with Gasteiger partial charge < -0.3 is 19.9 Å². The number of carbonyl (C=O) groups is 1. The summed E-state index contributed by atoms with van der Waals surface area (Å²) in [5, 5.41) is 12.6. The van der Waals surface area contributed by atoms with Crippen LogP contribution in [-0.2, 0) is 26.0 Å². The highest BCUT2D eigenvalue weighted by Crippen LogP contribution is 2.24. The van der Waals surface area contributed by atoms with Crippen LogP contribution in [0.3, 0.4) is 0 Å². The van der Waals surface area contributed by atoms with Crippen LogP contribution in [0.5, 0.6) is 5.75 Å². The standard InChI is InChI=1S/C22H29N3O6S/c1-30-18-3-2-4-19(14-18)32(28,29)25-20-6-5-17(31-21(20)15-26)9-12-24-22(27)13-16-7-10-23-11-8-16/h2-4,7-8,10-11,14,17,20-21,25-26H,5-6,9,12-13,15H2,1H3,(H,24,27)/t17-,20-,21-/m1/s1. The van der Waals surface area contributed by atoms with Gasteiger partial charge in [-0.25, -0.2) is 13.1 Å². The van der Waals surface area contributed by atoms with Crippen LogP contribution in [0.15, 0.2) is 53.7 Å². The first-order chi connectivity index (χ1) is 15.4. The number of hydrogen-bond acceptors (Lipinski definition) is 7. The number of carbonyl (C=O) groups excluding carboxylic acids is 1. The predicted octanol–water partition coefficient (Wildman–Crippen LogP) is 1.03. The summed E-state index contributed by atoms with van der Waals surface area (Å²) < 4.78 is 39.2. The average molecular weight is 464 g/mol. The molecule has 0 unspecified atom stereocenters. The van der Waals surface area contributed by atoms with Crippen molar-refractivity contribution in [3.8, 4) is 5.75 Å². The SMILES string of the molecule is COc1cccc(S(=O)(=O)N[C@@H]2CC[C@H](CCNC(=O)Cc3ccncc3)O[C@@H]2CO)c1. The summed E-state index contributed by atoms with van der Waals surface area (Å²) in [7, 11) is -2.32. The second kappa shape index (κ2) is 11.4. The van der Waals surface area contributed by atoms with Gasteiger partial charge in [0.1, 0.15) is 5.75 Å². The number of sulfonamides is 1. The summed E-state index contributed by atoms with van der Waals surface area (Å²) in [6, 6.07) is 9.24. The molecule has 3 rings (SSSR count). The Labute approximate surface area is 188 Å². The Kier molecular flexibility index (Phi) is 8.57. The van der Waals surface area contributed by atoms with E-state index in [9.17, 15) is 18.3 Å². The first-order valence-corrected chi connectivity index (χ1v) is 12.0. The zero-order chi connectivity index (χ0) is 23.0. The van der Waals surface area contributed by atoms with Crippen molar-refractivity contribution in [3.63, 3.8) is 0 Å². The largest absolute Gasteiger partial charge is 0.497 e. The molecule has 0 saturated carbocycles. The Morgan fingerprint density at radius 3 is 2.75 bits per heavy atom. The minimum Gasteiger partial charge on any atom is -0.497 e. The average Bonchev–Trinajstić information content (AvgIpc) is 2.80. The maximum absolute atomic E-state index is 12.8. The zero-order valence-corrected chi connectivity index (χ0v) is 18.8. The number of pyridine rings is 1. The molecule has 9 nitrogen and oxygen atoms in total. The second-order valence-electron chi connectivity index (χ2n) is 7.63. The molecule has 1 amide bonds. The van der Waals surface area contributed by atoms with Gasteiger partial charge in [-0.05, 0) is 49.1 Å². The zero-order valence-electron chi connectivity index (χ0n) is 17.9. The molecule has 0 radical (unpaired) electrons. The lowest BCUT2D eigenvalue weighted by atomic mass is 9.98. The van der Waals surface area contributed by atoms with Gasteiger partial charge in [-0.2, -0.15) is 0 Å². The maximum atomic E-state index is 12.8. The summed E-state index contributed by atoms with van der Waals surface area (Å²) in [6.45, 7) is 0.128. The summed E-state index contributed by atoms with van der Waals surface area (Å²) in [4.78, 5) is 16.1. The quantitative estimate of drug-likeness (QED) is 0.480. The number of aliphatic hydroxyl groups is 1. The summed E-state index contributed by atoms with van der Waals surface area (Å²) >= 11 is 0. The fraction of sp³-hybridized carbons (Fsp3) is 0.455. The van der Waals surface area contributed by atoms with Crippen molar-refractivity contribution in [1.82, 2.24) is 15.0 Å². The smallest absolute Gasteiger partial charge is 0.241 e. The van der Waals surface area contributed by atoms with Crippen LogP contribution in [0, 0.1) is 0 Å². The maximum Gasteiger partial charge on any atom is 0.241 e. The first kappa shape index (κ1) is 24.1. The lowest BCUT2D eigenvalue weighted by Crippen LogP contribution is -2.51. The van der Waals surface area contributed by atoms with E-state index in [1.54, 1.807) is 36.7 Å². The van der Waals surface area contributed by atoms with Crippen LogP contribution in [0.2, 0.25) is 0 Å². The van der Waals surface area contributed by atoms with E-state index in [2.05, 4.69) is 15.0 Å². The number of aliphatic hydroxyl groups excluding tert-OH is 1. The Morgan fingerprint density at radius 2 is 2.03 bits per heavy atom. The molecule has 32 heavy (non-hydrogen) atoms. The molecule has 1 fully saturated rings. The molecule has 3 atom stereocenters. The lowest BCUT2D eigenvalue weighted by molar-refractivity contribution is -0.121. The highest BCUT2D eigenvalue weighted by Gasteiger charge is 2.34. The molecule has 10 heteroatoms. The highest BCUT2D eigenvalue weighted by atomic mass is 32.2. The number of benzene rings is 1. The van der Waals surface area contributed by atoms with Crippen LogP contribution < -0.4 is 14.8 Å². The fourth-order valence-corrected chi connectivity index (χ4v) is 4.97. The third-order valence-electron chi connectivity index (χ3n) is 5.36. The number of methoxy groups -OCH3 is 1. The molecule has 1 aliphatic heterocycles. The normalized spacial score (nSPS) is 21.1. The number of hydrogen-bond donors (Lipinski definition) is 3. The van der Waals surface area contributed by atoms with E-state index >= 15 is 0 Å². The van der Waals surface area contributed by atoms with Crippen LogP contribution in [0.4, 0.5) is 0 Å². The van der Waals surface area contributed by atoms with Gasteiger partial charge in [0.05, 0.1) is 43.3 Å². The van der Waals surface area contributed by atoms with Gasteiger partial charge in [-0.1, -0.05) is 6.07 Å². The van der Waals surface area contributed by atoms with Gasteiger partial charge in [0.25, 0.3) is 0 Å². The van der Waals surface area contributed by atoms with Gasteiger partial charge in [-0.15, -0.1) is 0 Å². The van der Waals surface area contributed by atoms with Crippen molar-refractivity contribution in [2.45, 2.75) is 48.8 Å². The summed E-state index contributed by atoms with van der Waals surface area (Å²) in [5.41, 5.74) is 0.887. The second-order valence-corrected chi connectivity index (χ2v) is 9.35.